The molecule has 1 aliphatic carbocycles. The van der Waals surface area contributed by atoms with Crippen LogP contribution in [0.3, 0.4) is 0 Å². The van der Waals surface area contributed by atoms with Crippen LogP contribution in [0.25, 0.3) is 20.8 Å². The number of pyridine rings is 1. The zero-order valence-electron chi connectivity index (χ0n) is 16.1. The molecule has 28 heavy (non-hydrogen) atoms. The van der Waals surface area contributed by atoms with E-state index in [1.54, 1.807) is 41.7 Å². The van der Waals surface area contributed by atoms with Crippen LogP contribution in [-0.2, 0) is 10.8 Å². The molecule has 3 aromatic heterocycles. The van der Waals surface area contributed by atoms with Gasteiger partial charge in [0.15, 0.2) is 5.16 Å². The molecule has 4 rings (SSSR count). The molecule has 0 radical (unpaired) electrons. The lowest BCUT2D eigenvalue weighted by Crippen LogP contribution is -2.19. The lowest BCUT2D eigenvalue weighted by atomic mass is 10.1. The van der Waals surface area contributed by atoms with Crippen molar-refractivity contribution in [2.75, 3.05) is 23.6 Å². The van der Waals surface area contributed by atoms with E-state index >= 15 is 0 Å². The highest BCUT2D eigenvalue weighted by atomic mass is 32.2. The summed E-state index contributed by atoms with van der Waals surface area (Å²) >= 11 is 3.18. The largest absolute Gasteiger partial charge is 0.367 e. The van der Waals surface area contributed by atoms with E-state index in [0.29, 0.717) is 12.0 Å². The summed E-state index contributed by atoms with van der Waals surface area (Å²) in [6.45, 7) is 2.02. The number of hydrogen-bond donors (Lipinski definition) is 1. The third-order valence-corrected chi connectivity index (χ3v) is 7.55. The van der Waals surface area contributed by atoms with Gasteiger partial charge >= 0.3 is 0 Å². The second-order valence-corrected chi connectivity index (χ2v) is 10.4. The molecule has 0 aromatic carbocycles. The van der Waals surface area contributed by atoms with E-state index in [0.717, 1.165) is 62.5 Å². The standard InChI is InChI=1S/C19H23N5OS3/c1-11-16(18-23-14-9-20-7-6-15(14)27-18)17(24-19(21-11)26-2)22-13-5-4-12(8-13)10-28(3)25/h6-7,9,12-13H,4-5,8,10H2,1-3H3,(H,21,22,24). The molecule has 3 atom stereocenters. The summed E-state index contributed by atoms with van der Waals surface area (Å²) < 4.78 is 12.7. The van der Waals surface area contributed by atoms with Crippen molar-refractivity contribution < 1.29 is 4.21 Å². The maximum Gasteiger partial charge on any atom is 0.189 e. The Morgan fingerprint density at radius 2 is 2.18 bits per heavy atom. The maximum absolute atomic E-state index is 11.6. The number of thioether (sulfide) groups is 1. The Kier molecular flexibility index (Phi) is 5.93. The molecule has 148 valence electrons. The first-order chi connectivity index (χ1) is 13.5. The lowest BCUT2D eigenvalue weighted by molar-refractivity contribution is 0.598. The van der Waals surface area contributed by atoms with Gasteiger partial charge in [-0.05, 0) is 44.4 Å². The first-order valence-corrected chi connectivity index (χ1v) is 13.0. The molecular formula is C19H23N5OS3. The number of rotatable bonds is 6. The van der Waals surface area contributed by atoms with E-state index in [9.17, 15) is 4.21 Å². The van der Waals surface area contributed by atoms with E-state index in [2.05, 4.69) is 15.3 Å². The van der Waals surface area contributed by atoms with Crippen LogP contribution in [0.2, 0.25) is 0 Å². The lowest BCUT2D eigenvalue weighted by Gasteiger charge is -2.18. The summed E-state index contributed by atoms with van der Waals surface area (Å²) in [6, 6.07) is 2.33. The molecule has 6 nitrogen and oxygen atoms in total. The molecule has 0 saturated heterocycles. The van der Waals surface area contributed by atoms with E-state index in [4.69, 9.17) is 9.97 Å². The number of nitrogens with one attached hydrogen (secondary N) is 1. The van der Waals surface area contributed by atoms with Gasteiger partial charge in [-0.1, -0.05) is 11.8 Å². The third kappa shape index (κ3) is 4.21. The normalized spacial score (nSPS) is 20.5. The zero-order chi connectivity index (χ0) is 19.7. The fourth-order valence-electron chi connectivity index (χ4n) is 3.77. The van der Waals surface area contributed by atoms with Gasteiger partial charge in [-0.25, -0.2) is 15.0 Å². The van der Waals surface area contributed by atoms with Gasteiger partial charge < -0.3 is 5.32 Å². The van der Waals surface area contributed by atoms with Crippen molar-refractivity contribution in [3.05, 3.63) is 24.2 Å². The van der Waals surface area contributed by atoms with Gasteiger partial charge in [-0.15, -0.1) is 11.3 Å². The average molecular weight is 434 g/mol. The molecule has 1 N–H and O–H groups in total. The number of nitrogens with zero attached hydrogens (tertiary/aromatic N) is 4. The fraction of sp³-hybridized carbons (Fsp3) is 0.474. The summed E-state index contributed by atoms with van der Waals surface area (Å²) in [7, 11) is -0.740. The Labute approximate surface area is 175 Å². The van der Waals surface area contributed by atoms with E-state index < -0.39 is 10.8 Å². The highest BCUT2D eigenvalue weighted by molar-refractivity contribution is 7.98. The van der Waals surface area contributed by atoms with Crippen molar-refractivity contribution in [1.29, 1.82) is 0 Å². The van der Waals surface area contributed by atoms with Crippen LogP contribution in [0.5, 0.6) is 0 Å². The average Bonchev–Trinajstić information content (AvgIpc) is 3.27. The topological polar surface area (TPSA) is 80.7 Å². The molecule has 1 aliphatic rings. The molecule has 1 saturated carbocycles. The highest BCUT2D eigenvalue weighted by Crippen LogP contribution is 2.38. The Balaban J connectivity index is 1.68. The van der Waals surface area contributed by atoms with Gasteiger partial charge in [0.05, 0.1) is 22.2 Å². The third-order valence-electron chi connectivity index (χ3n) is 5.01. The number of anilines is 1. The number of fused-ring (bicyclic) bond motifs is 1. The smallest absolute Gasteiger partial charge is 0.189 e. The van der Waals surface area contributed by atoms with Crippen molar-refractivity contribution in [2.45, 2.75) is 37.4 Å². The summed E-state index contributed by atoms with van der Waals surface area (Å²) in [4.78, 5) is 18.4. The summed E-state index contributed by atoms with van der Waals surface area (Å²) in [5.41, 5.74) is 2.80. The summed E-state index contributed by atoms with van der Waals surface area (Å²) in [5.74, 6) is 2.16. The molecule has 9 heteroatoms. The number of hydrogen-bond acceptors (Lipinski definition) is 8. The quantitative estimate of drug-likeness (QED) is 0.462. The van der Waals surface area contributed by atoms with Crippen molar-refractivity contribution in [1.82, 2.24) is 19.9 Å². The molecule has 3 unspecified atom stereocenters. The van der Waals surface area contributed by atoms with Crippen LogP contribution in [-0.4, -0.2) is 48.5 Å². The minimum atomic E-state index is -0.740. The zero-order valence-corrected chi connectivity index (χ0v) is 18.6. The van der Waals surface area contributed by atoms with E-state index in [1.807, 2.05) is 19.2 Å². The van der Waals surface area contributed by atoms with Crippen LogP contribution in [0.1, 0.15) is 25.0 Å². The molecule has 0 spiro atoms. The second kappa shape index (κ2) is 8.42. The van der Waals surface area contributed by atoms with Crippen molar-refractivity contribution in [3.63, 3.8) is 0 Å². The number of aromatic nitrogens is 4. The number of aryl methyl sites for hydroxylation is 1. The molecule has 3 aromatic rings. The van der Waals surface area contributed by atoms with E-state index in [-0.39, 0.29) is 0 Å². The SMILES string of the molecule is CSc1nc(C)c(-c2nc3cnccc3s2)c(NC2CCC(CS(C)=O)C2)n1. The predicted molar refractivity (Wildman–Crippen MR) is 119 cm³/mol. The van der Waals surface area contributed by atoms with Crippen LogP contribution in [0.4, 0.5) is 5.82 Å². The van der Waals surface area contributed by atoms with Gasteiger partial charge in [0.2, 0.25) is 0 Å². The Morgan fingerprint density at radius 1 is 1.32 bits per heavy atom. The first kappa shape index (κ1) is 19.7. The van der Waals surface area contributed by atoms with Gasteiger partial charge in [0.25, 0.3) is 0 Å². The minimum Gasteiger partial charge on any atom is -0.367 e. The second-order valence-electron chi connectivity index (χ2n) is 7.14. The Bertz CT molecular complexity index is 989. The first-order valence-electron chi connectivity index (χ1n) is 9.23. The van der Waals surface area contributed by atoms with Crippen molar-refractivity contribution in [2.24, 2.45) is 5.92 Å². The maximum atomic E-state index is 11.6. The minimum absolute atomic E-state index is 0.340. The van der Waals surface area contributed by atoms with Gasteiger partial charge in [-0.2, -0.15) is 0 Å². The Morgan fingerprint density at radius 3 is 2.93 bits per heavy atom. The van der Waals surface area contributed by atoms with Gasteiger partial charge in [-0.3, -0.25) is 9.19 Å². The van der Waals surface area contributed by atoms with Crippen LogP contribution in [0.15, 0.2) is 23.6 Å². The molecule has 0 aliphatic heterocycles. The fourth-order valence-corrected chi connectivity index (χ4v) is 6.18. The molecule has 3 heterocycles. The van der Waals surface area contributed by atoms with Gasteiger partial charge in [0.1, 0.15) is 16.3 Å². The van der Waals surface area contributed by atoms with Crippen LogP contribution < -0.4 is 5.32 Å². The van der Waals surface area contributed by atoms with Crippen LogP contribution >= 0.6 is 23.1 Å². The summed E-state index contributed by atoms with van der Waals surface area (Å²) in [5, 5.41) is 5.34. The summed E-state index contributed by atoms with van der Waals surface area (Å²) in [6.07, 6.45) is 10.6. The molecule has 1 fully saturated rings. The predicted octanol–water partition coefficient (Wildman–Crippen LogP) is 4.14. The molecule has 0 bridgehead atoms. The molecule has 0 amide bonds. The highest BCUT2D eigenvalue weighted by Gasteiger charge is 2.27. The van der Waals surface area contributed by atoms with Crippen molar-refractivity contribution in [3.8, 4) is 10.6 Å². The van der Waals surface area contributed by atoms with Crippen LogP contribution in [0, 0.1) is 12.8 Å². The van der Waals surface area contributed by atoms with E-state index in [1.165, 1.54) is 0 Å². The number of thiazole rings is 1. The molecular weight excluding hydrogens is 410 g/mol. The Hall–Kier alpha value is -1.58. The monoisotopic (exact) mass is 433 g/mol. The van der Waals surface area contributed by atoms with Crippen molar-refractivity contribution >= 4 is 49.9 Å². The van der Waals surface area contributed by atoms with Gasteiger partial charge in [0, 0.05) is 35.0 Å².